The molecule has 106 valence electrons. The molecule has 3 aromatic rings. The maximum Gasteiger partial charge on any atom is 0.246 e. The highest BCUT2D eigenvalue weighted by molar-refractivity contribution is 5.90. The fourth-order valence-corrected chi connectivity index (χ4v) is 1.76. The largest absolute Gasteiger partial charge is 0.322 e. The van der Waals surface area contributed by atoms with Crippen molar-refractivity contribution in [2.24, 2.45) is 0 Å². The van der Waals surface area contributed by atoms with Crippen molar-refractivity contribution in [1.29, 1.82) is 0 Å². The van der Waals surface area contributed by atoms with Crippen LogP contribution in [0, 0.1) is 6.92 Å². The number of anilines is 1. The molecule has 3 aromatic heterocycles. The van der Waals surface area contributed by atoms with Gasteiger partial charge in [0.2, 0.25) is 11.9 Å². The number of hydrogen-bond acceptors (Lipinski definition) is 6. The van der Waals surface area contributed by atoms with Crippen LogP contribution in [0.1, 0.15) is 5.82 Å². The molecule has 0 aliphatic carbocycles. The molecule has 9 heteroatoms. The lowest BCUT2D eigenvalue weighted by molar-refractivity contribution is -0.116. The topological polar surface area (TPSA) is 103 Å². The van der Waals surface area contributed by atoms with Crippen LogP contribution in [0.4, 0.5) is 5.69 Å². The van der Waals surface area contributed by atoms with Crippen molar-refractivity contribution < 1.29 is 4.79 Å². The highest BCUT2D eigenvalue weighted by atomic mass is 16.2. The van der Waals surface area contributed by atoms with E-state index in [0.29, 0.717) is 11.6 Å². The van der Waals surface area contributed by atoms with Crippen LogP contribution >= 0.6 is 0 Å². The van der Waals surface area contributed by atoms with Crippen LogP contribution in [0.5, 0.6) is 0 Å². The Morgan fingerprint density at radius 2 is 2.10 bits per heavy atom. The van der Waals surface area contributed by atoms with E-state index in [2.05, 4.69) is 30.4 Å². The van der Waals surface area contributed by atoms with Crippen molar-refractivity contribution >= 4 is 11.6 Å². The van der Waals surface area contributed by atoms with E-state index in [9.17, 15) is 4.79 Å². The molecule has 0 saturated heterocycles. The minimum atomic E-state index is -0.226. The summed E-state index contributed by atoms with van der Waals surface area (Å²) in [5, 5.41) is 6.55. The van der Waals surface area contributed by atoms with Crippen molar-refractivity contribution in [3.63, 3.8) is 0 Å². The standard InChI is InChI=1S/C12H12N8O/c1-9-14-2-3-20(9)12-15-4-10(5-16-12)18-11(21)6-19-8-13-7-17-19/h2-5,7-8H,6H2,1H3,(H,18,21). The van der Waals surface area contributed by atoms with Gasteiger partial charge >= 0.3 is 0 Å². The highest BCUT2D eigenvalue weighted by Crippen LogP contribution is 2.08. The van der Waals surface area contributed by atoms with E-state index in [0.717, 1.165) is 5.82 Å². The van der Waals surface area contributed by atoms with Gasteiger partial charge in [0.1, 0.15) is 25.0 Å². The molecule has 1 N–H and O–H groups in total. The Labute approximate surface area is 119 Å². The Kier molecular flexibility index (Phi) is 3.37. The van der Waals surface area contributed by atoms with E-state index in [-0.39, 0.29) is 12.5 Å². The molecule has 0 saturated carbocycles. The Morgan fingerprint density at radius 1 is 1.29 bits per heavy atom. The first kappa shape index (κ1) is 12.9. The third-order valence-electron chi connectivity index (χ3n) is 2.74. The maximum absolute atomic E-state index is 11.8. The second-order valence-electron chi connectivity index (χ2n) is 4.26. The number of aryl methyl sites for hydroxylation is 1. The number of nitrogens with zero attached hydrogens (tertiary/aromatic N) is 7. The molecule has 21 heavy (non-hydrogen) atoms. The van der Waals surface area contributed by atoms with Crippen LogP contribution in [0.15, 0.2) is 37.4 Å². The number of carbonyl (C=O) groups is 1. The minimum absolute atomic E-state index is 0.0857. The fraction of sp³-hybridized carbons (Fsp3) is 0.167. The summed E-state index contributed by atoms with van der Waals surface area (Å²) in [6.45, 7) is 1.94. The molecule has 0 bridgehead atoms. The average Bonchev–Trinajstić information content (AvgIpc) is 3.11. The predicted molar refractivity (Wildman–Crippen MR) is 72.5 cm³/mol. The van der Waals surface area contributed by atoms with E-state index >= 15 is 0 Å². The maximum atomic E-state index is 11.8. The predicted octanol–water partition coefficient (Wildman–Crippen LogP) is 0.201. The molecule has 3 heterocycles. The molecule has 0 aliphatic rings. The first-order valence-electron chi connectivity index (χ1n) is 6.17. The Bertz CT molecular complexity index is 731. The number of amides is 1. The number of hydrogen-bond donors (Lipinski definition) is 1. The molecule has 9 nitrogen and oxygen atoms in total. The molecule has 0 fully saturated rings. The third-order valence-corrected chi connectivity index (χ3v) is 2.74. The van der Waals surface area contributed by atoms with Gasteiger partial charge in [-0.25, -0.2) is 24.6 Å². The SMILES string of the molecule is Cc1nccn1-c1ncc(NC(=O)Cn2cncn2)cn1. The van der Waals surface area contributed by atoms with Crippen molar-refractivity contribution in [2.45, 2.75) is 13.5 Å². The highest BCUT2D eigenvalue weighted by Gasteiger charge is 2.07. The molecule has 0 spiro atoms. The van der Waals surface area contributed by atoms with Gasteiger partial charge in [-0.3, -0.25) is 9.36 Å². The van der Waals surface area contributed by atoms with E-state index in [1.54, 1.807) is 29.4 Å². The number of rotatable bonds is 4. The smallest absolute Gasteiger partial charge is 0.246 e. The van der Waals surface area contributed by atoms with Crippen LogP contribution in [0.25, 0.3) is 5.95 Å². The number of aromatic nitrogens is 7. The fourth-order valence-electron chi connectivity index (χ4n) is 1.76. The average molecular weight is 284 g/mol. The summed E-state index contributed by atoms with van der Waals surface area (Å²) in [5.74, 6) is 1.06. The molecular weight excluding hydrogens is 272 g/mol. The van der Waals surface area contributed by atoms with E-state index in [4.69, 9.17) is 0 Å². The number of imidazole rings is 1. The molecule has 0 unspecified atom stereocenters. The second kappa shape index (κ2) is 5.49. The first-order chi connectivity index (χ1) is 10.2. The molecule has 0 aromatic carbocycles. The Morgan fingerprint density at radius 3 is 2.71 bits per heavy atom. The van der Waals surface area contributed by atoms with Gasteiger partial charge in [0.05, 0.1) is 18.1 Å². The van der Waals surface area contributed by atoms with Crippen molar-refractivity contribution in [3.05, 3.63) is 43.3 Å². The summed E-state index contributed by atoms with van der Waals surface area (Å²) in [6.07, 6.45) is 9.38. The Balaban J connectivity index is 1.67. The van der Waals surface area contributed by atoms with Gasteiger partial charge in [0.25, 0.3) is 0 Å². The molecule has 3 rings (SSSR count). The molecular formula is C12H12N8O. The third kappa shape index (κ3) is 2.91. The summed E-state index contributed by atoms with van der Waals surface area (Å²) in [7, 11) is 0. The first-order valence-corrected chi connectivity index (χ1v) is 6.17. The van der Waals surface area contributed by atoms with Crippen LogP contribution < -0.4 is 5.32 Å². The van der Waals surface area contributed by atoms with Gasteiger partial charge < -0.3 is 5.32 Å². The van der Waals surface area contributed by atoms with Gasteiger partial charge in [-0.1, -0.05) is 0 Å². The molecule has 0 atom stereocenters. The van der Waals surface area contributed by atoms with Crippen LogP contribution in [0.3, 0.4) is 0 Å². The van der Waals surface area contributed by atoms with Gasteiger partial charge in [-0.2, -0.15) is 5.10 Å². The zero-order valence-electron chi connectivity index (χ0n) is 11.2. The van der Waals surface area contributed by atoms with E-state index in [1.165, 1.54) is 17.3 Å². The second-order valence-corrected chi connectivity index (χ2v) is 4.26. The zero-order valence-corrected chi connectivity index (χ0v) is 11.2. The van der Waals surface area contributed by atoms with Crippen LogP contribution in [-0.4, -0.2) is 40.2 Å². The van der Waals surface area contributed by atoms with Crippen molar-refractivity contribution in [1.82, 2.24) is 34.3 Å². The lowest BCUT2D eigenvalue weighted by atomic mass is 10.5. The monoisotopic (exact) mass is 284 g/mol. The van der Waals surface area contributed by atoms with Crippen LogP contribution in [0.2, 0.25) is 0 Å². The summed E-state index contributed by atoms with van der Waals surface area (Å²) in [5.41, 5.74) is 0.515. The Hall–Kier alpha value is -3.10. The van der Waals surface area contributed by atoms with Crippen LogP contribution in [-0.2, 0) is 11.3 Å². The summed E-state index contributed by atoms with van der Waals surface area (Å²) in [6, 6.07) is 0. The number of nitrogens with one attached hydrogen (secondary N) is 1. The quantitative estimate of drug-likeness (QED) is 0.734. The summed E-state index contributed by atoms with van der Waals surface area (Å²) < 4.78 is 3.18. The summed E-state index contributed by atoms with van der Waals surface area (Å²) in [4.78, 5) is 28.0. The molecule has 1 amide bonds. The minimum Gasteiger partial charge on any atom is -0.322 e. The van der Waals surface area contributed by atoms with Gasteiger partial charge in [-0.15, -0.1) is 0 Å². The van der Waals surface area contributed by atoms with Gasteiger partial charge in [0, 0.05) is 12.4 Å². The molecule has 0 radical (unpaired) electrons. The zero-order chi connectivity index (χ0) is 14.7. The van der Waals surface area contributed by atoms with Gasteiger partial charge in [-0.05, 0) is 6.92 Å². The molecule has 0 aliphatic heterocycles. The van der Waals surface area contributed by atoms with E-state index in [1.807, 2.05) is 6.92 Å². The van der Waals surface area contributed by atoms with Gasteiger partial charge in [0.15, 0.2) is 0 Å². The summed E-state index contributed by atoms with van der Waals surface area (Å²) >= 11 is 0. The lowest BCUT2D eigenvalue weighted by Crippen LogP contribution is -2.19. The number of carbonyl (C=O) groups excluding carboxylic acids is 1. The van der Waals surface area contributed by atoms with Crippen molar-refractivity contribution in [3.8, 4) is 5.95 Å². The normalized spacial score (nSPS) is 10.5. The lowest BCUT2D eigenvalue weighted by Gasteiger charge is -2.06. The van der Waals surface area contributed by atoms with E-state index < -0.39 is 0 Å². The van der Waals surface area contributed by atoms with Crippen molar-refractivity contribution in [2.75, 3.05) is 5.32 Å².